The van der Waals surface area contributed by atoms with Crippen LogP contribution in [0.2, 0.25) is 0 Å². The summed E-state index contributed by atoms with van der Waals surface area (Å²) in [6.07, 6.45) is -1.61. The summed E-state index contributed by atoms with van der Waals surface area (Å²) in [5, 5.41) is 6.84. The van der Waals surface area contributed by atoms with E-state index in [0.29, 0.717) is 24.3 Å². The molecule has 0 saturated carbocycles. The van der Waals surface area contributed by atoms with Gasteiger partial charge in [0.1, 0.15) is 18.1 Å². The van der Waals surface area contributed by atoms with Gasteiger partial charge in [-0.25, -0.2) is 0 Å². The number of benzene rings is 2. The lowest BCUT2D eigenvalue weighted by atomic mass is 10.0. The van der Waals surface area contributed by atoms with E-state index in [4.69, 9.17) is 31.0 Å². The van der Waals surface area contributed by atoms with E-state index in [1.165, 1.54) is 0 Å². The molecule has 3 atom stereocenters. The molecule has 0 radical (unpaired) electrons. The van der Waals surface area contributed by atoms with E-state index >= 15 is 0 Å². The molecule has 0 aliphatic carbocycles. The molecule has 270 valence electrons. The van der Waals surface area contributed by atoms with Gasteiger partial charge in [0, 0.05) is 37.3 Å². The average molecular weight is 742 g/mol. The van der Waals surface area contributed by atoms with Crippen molar-refractivity contribution in [3.8, 4) is 0 Å². The monoisotopic (exact) mass is 741 g/mol. The molecule has 22 heteroatoms. The predicted octanol–water partition coefficient (Wildman–Crippen LogP) is 0.151. The Labute approximate surface area is 275 Å². The van der Waals surface area contributed by atoms with Gasteiger partial charge in [0.2, 0.25) is 29.5 Å². The zero-order valence-electron chi connectivity index (χ0n) is 25.4. The Morgan fingerprint density at radius 2 is 1.04 bits per heavy atom. The summed E-state index contributed by atoms with van der Waals surface area (Å²) in [4.78, 5) is 97.7. The minimum atomic E-state index is -5.92. The van der Waals surface area contributed by atoms with E-state index in [9.17, 15) is 50.7 Å². The Hall–Kier alpha value is -4.19. The third kappa shape index (κ3) is 11.2. The van der Waals surface area contributed by atoms with Gasteiger partial charge in [-0.2, -0.15) is 17.6 Å². The summed E-state index contributed by atoms with van der Waals surface area (Å²) in [5.74, 6) is -4.80. The number of amides is 5. The van der Waals surface area contributed by atoms with Crippen molar-refractivity contribution < 1.29 is 70.2 Å². The van der Waals surface area contributed by atoms with Gasteiger partial charge >= 0.3 is 26.5 Å². The fraction of sp³-hybridized carbons (Fsp3) is 0.370. The minimum Gasteiger partial charge on any atom is -0.370 e. The largest absolute Gasteiger partial charge is 0.399 e. The highest BCUT2D eigenvalue weighted by Gasteiger charge is 2.51. The van der Waals surface area contributed by atoms with E-state index in [1.54, 1.807) is 0 Å². The van der Waals surface area contributed by atoms with Crippen LogP contribution in [0.1, 0.15) is 42.0 Å². The van der Waals surface area contributed by atoms with Crippen LogP contribution in [-0.4, -0.2) is 67.2 Å². The number of carbonyl (C=O) groups excluding carboxylic acids is 5. The highest BCUT2D eigenvalue weighted by molar-refractivity contribution is 7.52. The van der Waals surface area contributed by atoms with Crippen LogP contribution in [0.25, 0.3) is 0 Å². The predicted molar refractivity (Wildman–Crippen MR) is 161 cm³/mol. The standard InChI is InChI=1S/C27H33F4N5O11P2/c1-14(37)34-19(10-11-22(32)38)24(40)36-21(13-16-4-8-18(9-5-16)27(30,31)49(45,46)47)25(41)35-20(23(33)39)12-15-2-6-17(7-3-15)26(28,29)48(42,43)44/h2-9,19-21H,10-13H2,1H3,(H2,32,38)(H2,33,39)(H,34,37)(H,35,41)(H,36,40)(H2,42,43,44)(H2,45,46,47)/t19-,20-,21-/m0/s1. The maximum absolute atomic E-state index is 14.1. The van der Waals surface area contributed by atoms with Crippen LogP contribution < -0.4 is 27.4 Å². The number of hydrogen-bond donors (Lipinski definition) is 9. The van der Waals surface area contributed by atoms with Crippen molar-refractivity contribution in [3.05, 3.63) is 70.8 Å². The number of primary amides is 2. The van der Waals surface area contributed by atoms with Crippen LogP contribution in [-0.2, 0) is 57.3 Å². The van der Waals surface area contributed by atoms with Crippen LogP contribution in [0.4, 0.5) is 17.6 Å². The fourth-order valence-corrected chi connectivity index (χ4v) is 5.24. The van der Waals surface area contributed by atoms with Gasteiger partial charge in [-0.05, 0) is 17.5 Å². The summed E-state index contributed by atoms with van der Waals surface area (Å²) < 4.78 is 78.7. The third-order valence-electron chi connectivity index (χ3n) is 6.88. The smallest absolute Gasteiger partial charge is 0.370 e. The van der Waals surface area contributed by atoms with Crippen LogP contribution in [0.3, 0.4) is 0 Å². The Morgan fingerprint density at radius 3 is 1.39 bits per heavy atom. The molecule has 11 N–H and O–H groups in total. The second-order valence-corrected chi connectivity index (χ2v) is 14.1. The highest BCUT2D eigenvalue weighted by Crippen LogP contribution is 2.60. The van der Waals surface area contributed by atoms with Gasteiger partial charge in [0.15, 0.2) is 0 Å². The van der Waals surface area contributed by atoms with E-state index < -0.39 is 98.1 Å². The molecule has 0 aromatic heterocycles. The fourth-order valence-electron chi connectivity index (χ4n) is 4.27. The molecule has 0 bridgehead atoms. The molecule has 2 aromatic rings. The first-order valence-corrected chi connectivity index (χ1v) is 17.1. The Morgan fingerprint density at radius 1 is 0.673 bits per heavy atom. The molecule has 0 unspecified atom stereocenters. The van der Waals surface area contributed by atoms with E-state index in [0.717, 1.165) is 31.2 Å². The van der Waals surface area contributed by atoms with Gasteiger partial charge in [-0.1, -0.05) is 48.5 Å². The molecule has 0 aliphatic rings. The molecule has 0 saturated heterocycles. The SMILES string of the molecule is CC(=O)N[C@@H](CCC(N)=O)C(=O)N[C@@H](Cc1ccc(C(F)(F)P(=O)(O)O)cc1)C(=O)N[C@@H](Cc1ccc(C(F)(F)P(=O)(O)O)cc1)C(N)=O. The van der Waals surface area contributed by atoms with Crippen molar-refractivity contribution in [3.63, 3.8) is 0 Å². The first-order chi connectivity index (χ1) is 22.4. The molecule has 5 amide bonds. The zero-order chi connectivity index (χ0) is 37.5. The first-order valence-electron chi connectivity index (χ1n) is 13.9. The molecular weight excluding hydrogens is 708 g/mol. The van der Waals surface area contributed by atoms with E-state index in [-0.39, 0.29) is 24.0 Å². The van der Waals surface area contributed by atoms with E-state index in [2.05, 4.69) is 16.0 Å². The zero-order valence-corrected chi connectivity index (χ0v) is 27.2. The first kappa shape index (κ1) is 41.0. The number of nitrogens with one attached hydrogen (secondary N) is 3. The van der Waals surface area contributed by atoms with Crippen molar-refractivity contribution >= 4 is 44.7 Å². The number of carbonyl (C=O) groups is 5. The van der Waals surface area contributed by atoms with E-state index in [1.807, 2.05) is 0 Å². The Kier molecular flexibility index (Phi) is 13.4. The lowest BCUT2D eigenvalue weighted by molar-refractivity contribution is -0.133. The second kappa shape index (κ2) is 16.0. The van der Waals surface area contributed by atoms with Gasteiger partial charge < -0.3 is 47.0 Å². The molecule has 0 fully saturated rings. The Bertz CT molecular complexity index is 1650. The highest BCUT2D eigenvalue weighted by atomic mass is 31.2. The maximum Gasteiger partial charge on any atom is 0.399 e. The van der Waals surface area contributed by atoms with Crippen molar-refractivity contribution in [2.45, 2.75) is 62.1 Å². The van der Waals surface area contributed by atoms with Crippen LogP contribution in [0.5, 0.6) is 0 Å². The molecule has 16 nitrogen and oxygen atoms in total. The number of hydrogen-bond acceptors (Lipinski definition) is 7. The summed E-state index contributed by atoms with van der Waals surface area (Å²) in [5.41, 5.74) is -0.500. The van der Waals surface area contributed by atoms with Gasteiger partial charge in [-0.15, -0.1) is 0 Å². The average Bonchev–Trinajstić information content (AvgIpc) is 2.97. The summed E-state index contributed by atoms with van der Waals surface area (Å²) in [6, 6.07) is 2.01. The van der Waals surface area contributed by atoms with Gasteiger partial charge in [0.05, 0.1) is 0 Å². The molecule has 0 spiro atoms. The van der Waals surface area contributed by atoms with Crippen molar-refractivity contribution in [2.24, 2.45) is 11.5 Å². The van der Waals surface area contributed by atoms with Gasteiger partial charge in [-0.3, -0.25) is 33.1 Å². The summed E-state index contributed by atoms with van der Waals surface area (Å²) >= 11 is 0. The van der Waals surface area contributed by atoms with Crippen LogP contribution in [0, 0.1) is 0 Å². The normalized spacial score (nSPS) is 14.2. The van der Waals surface area contributed by atoms with Crippen molar-refractivity contribution in [2.75, 3.05) is 0 Å². The summed E-state index contributed by atoms with van der Waals surface area (Å²) in [7, 11) is -11.8. The van der Waals surface area contributed by atoms with Crippen molar-refractivity contribution in [1.29, 1.82) is 0 Å². The lowest BCUT2D eigenvalue weighted by Gasteiger charge is -2.25. The maximum atomic E-state index is 14.1. The summed E-state index contributed by atoms with van der Waals surface area (Å²) in [6.45, 7) is 1.06. The second-order valence-electron chi connectivity index (χ2n) is 10.8. The number of halogens is 4. The molecule has 0 heterocycles. The van der Waals surface area contributed by atoms with Gasteiger partial charge in [0.25, 0.3) is 0 Å². The minimum absolute atomic E-state index is 0.0520. The third-order valence-corrected chi connectivity index (χ3v) is 8.86. The molecule has 0 aliphatic heterocycles. The van der Waals surface area contributed by atoms with Crippen LogP contribution in [0.15, 0.2) is 48.5 Å². The van der Waals surface area contributed by atoms with Crippen LogP contribution >= 0.6 is 15.2 Å². The molecule has 2 rings (SSSR count). The Balaban J connectivity index is 2.40. The molecule has 49 heavy (non-hydrogen) atoms. The lowest BCUT2D eigenvalue weighted by Crippen LogP contribution is -2.57. The number of rotatable bonds is 17. The molecule has 2 aromatic carbocycles. The quantitative estimate of drug-likeness (QED) is 0.0777. The molecular formula is C27H33F4N5O11P2. The number of nitrogens with two attached hydrogens (primary N) is 2. The topological polar surface area (TPSA) is 289 Å². The van der Waals surface area contributed by atoms with Crippen molar-refractivity contribution in [1.82, 2.24) is 16.0 Å². The number of alkyl halides is 4.